The average Bonchev–Trinajstić information content (AvgIpc) is 2.93. The van der Waals surface area contributed by atoms with Crippen molar-refractivity contribution in [3.05, 3.63) is 23.0 Å². The fourth-order valence-corrected chi connectivity index (χ4v) is 1.98. The van der Waals surface area contributed by atoms with Gasteiger partial charge < -0.3 is 4.57 Å². The number of carbonyl (C=O) groups excluding carboxylic acids is 1. The lowest BCUT2D eigenvalue weighted by molar-refractivity contribution is 0.0953. The number of carbonyl (C=O) groups is 1. The van der Waals surface area contributed by atoms with Crippen molar-refractivity contribution in [1.29, 1.82) is 0 Å². The van der Waals surface area contributed by atoms with E-state index in [1.54, 1.807) is 0 Å². The van der Waals surface area contributed by atoms with Crippen LogP contribution < -0.4 is 11.3 Å². The van der Waals surface area contributed by atoms with Gasteiger partial charge in [0, 0.05) is 17.4 Å². The van der Waals surface area contributed by atoms with Gasteiger partial charge in [0.05, 0.1) is 5.56 Å². The molecule has 4 heteroatoms. The number of hydrogen-bond donors (Lipinski definition) is 2. The van der Waals surface area contributed by atoms with Crippen LogP contribution in [-0.2, 0) is 0 Å². The molecular formula is C10H15N3O. The van der Waals surface area contributed by atoms with Crippen LogP contribution in [0.4, 0.5) is 0 Å². The molecule has 0 saturated heterocycles. The Morgan fingerprint density at radius 2 is 2.21 bits per heavy atom. The fraction of sp³-hybridized carbons (Fsp3) is 0.500. The third kappa shape index (κ3) is 1.32. The number of nitrogens with two attached hydrogens (primary N) is 1. The first kappa shape index (κ1) is 9.27. The van der Waals surface area contributed by atoms with Crippen molar-refractivity contribution in [2.75, 3.05) is 0 Å². The number of nitrogens with zero attached hydrogens (tertiary/aromatic N) is 1. The van der Waals surface area contributed by atoms with Gasteiger partial charge in [-0.05, 0) is 32.8 Å². The van der Waals surface area contributed by atoms with E-state index in [2.05, 4.69) is 9.99 Å². The Morgan fingerprint density at radius 3 is 2.71 bits per heavy atom. The molecule has 0 radical (unpaired) electrons. The molecule has 1 aromatic heterocycles. The predicted molar refractivity (Wildman–Crippen MR) is 53.8 cm³/mol. The van der Waals surface area contributed by atoms with Crippen LogP contribution in [0.15, 0.2) is 6.07 Å². The van der Waals surface area contributed by atoms with Crippen LogP contribution in [0.2, 0.25) is 0 Å². The molecule has 0 spiro atoms. The van der Waals surface area contributed by atoms with E-state index < -0.39 is 0 Å². The molecule has 1 aromatic rings. The summed E-state index contributed by atoms with van der Waals surface area (Å²) < 4.78 is 2.23. The number of hydrogen-bond acceptors (Lipinski definition) is 2. The van der Waals surface area contributed by atoms with E-state index in [1.807, 2.05) is 19.9 Å². The molecular weight excluding hydrogens is 178 g/mol. The number of rotatable bonds is 2. The van der Waals surface area contributed by atoms with Gasteiger partial charge >= 0.3 is 0 Å². The van der Waals surface area contributed by atoms with Crippen LogP contribution in [0.1, 0.15) is 40.6 Å². The monoisotopic (exact) mass is 193 g/mol. The van der Waals surface area contributed by atoms with Crippen molar-refractivity contribution >= 4 is 5.91 Å². The molecule has 1 aliphatic carbocycles. The standard InChI is InChI=1S/C10H15N3O/c1-6-5-9(10(14)12-11)7(2)13(6)8-3-4-8/h5,8H,3-4,11H2,1-2H3,(H,12,14). The van der Waals surface area contributed by atoms with Gasteiger partial charge in [-0.15, -0.1) is 0 Å². The maximum Gasteiger partial charge on any atom is 0.267 e. The summed E-state index contributed by atoms with van der Waals surface area (Å²) in [7, 11) is 0. The Labute approximate surface area is 83.1 Å². The summed E-state index contributed by atoms with van der Waals surface area (Å²) in [6.07, 6.45) is 2.44. The minimum Gasteiger partial charge on any atom is -0.345 e. The highest BCUT2D eigenvalue weighted by molar-refractivity contribution is 5.95. The smallest absolute Gasteiger partial charge is 0.267 e. The van der Waals surface area contributed by atoms with E-state index >= 15 is 0 Å². The normalized spacial score (nSPS) is 15.6. The summed E-state index contributed by atoms with van der Waals surface area (Å²) in [4.78, 5) is 11.4. The highest BCUT2D eigenvalue weighted by Crippen LogP contribution is 2.38. The van der Waals surface area contributed by atoms with E-state index in [-0.39, 0.29) is 5.91 Å². The average molecular weight is 193 g/mol. The van der Waals surface area contributed by atoms with Gasteiger partial charge in [0.1, 0.15) is 0 Å². The van der Waals surface area contributed by atoms with Gasteiger partial charge in [-0.3, -0.25) is 10.2 Å². The summed E-state index contributed by atoms with van der Waals surface area (Å²) in [6.45, 7) is 3.99. The Bertz CT molecular complexity index is 377. The number of nitrogen functional groups attached to an aromatic ring is 1. The molecule has 1 aliphatic rings. The van der Waals surface area contributed by atoms with Crippen molar-refractivity contribution in [1.82, 2.24) is 9.99 Å². The molecule has 0 atom stereocenters. The van der Waals surface area contributed by atoms with Crippen LogP contribution in [0, 0.1) is 13.8 Å². The largest absolute Gasteiger partial charge is 0.345 e. The van der Waals surface area contributed by atoms with Gasteiger partial charge in [0.15, 0.2) is 0 Å². The summed E-state index contributed by atoms with van der Waals surface area (Å²) in [6, 6.07) is 2.50. The third-order valence-electron chi connectivity index (χ3n) is 2.77. The Kier molecular flexibility index (Phi) is 2.07. The second kappa shape index (κ2) is 3.13. The van der Waals surface area contributed by atoms with E-state index in [1.165, 1.54) is 12.8 Å². The second-order valence-corrected chi connectivity index (χ2v) is 3.86. The quantitative estimate of drug-likeness (QED) is 0.419. The Morgan fingerprint density at radius 1 is 1.57 bits per heavy atom. The molecule has 3 N–H and O–H groups in total. The van der Waals surface area contributed by atoms with Gasteiger partial charge in [0.25, 0.3) is 5.91 Å². The van der Waals surface area contributed by atoms with E-state index in [9.17, 15) is 4.79 Å². The third-order valence-corrected chi connectivity index (χ3v) is 2.77. The maximum absolute atomic E-state index is 11.4. The lowest BCUT2D eigenvalue weighted by atomic mass is 10.2. The molecule has 4 nitrogen and oxygen atoms in total. The van der Waals surface area contributed by atoms with Crippen LogP contribution in [0.5, 0.6) is 0 Å². The molecule has 0 bridgehead atoms. The van der Waals surface area contributed by atoms with Gasteiger partial charge in [-0.2, -0.15) is 0 Å². The van der Waals surface area contributed by atoms with Crippen molar-refractivity contribution in [2.45, 2.75) is 32.7 Å². The lowest BCUT2D eigenvalue weighted by Gasteiger charge is -2.07. The highest BCUT2D eigenvalue weighted by Gasteiger charge is 2.28. The highest BCUT2D eigenvalue weighted by atomic mass is 16.2. The minimum atomic E-state index is -0.204. The number of nitrogens with one attached hydrogen (secondary N) is 1. The van der Waals surface area contributed by atoms with Gasteiger partial charge in [-0.25, -0.2) is 5.84 Å². The molecule has 76 valence electrons. The molecule has 2 rings (SSSR count). The molecule has 1 amide bonds. The van der Waals surface area contributed by atoms with E-state index in [0.717, 1.165) is 11.4 Å². The van der Waals surface area contributed by atoms with Crippen molar-refractivity contribution in [2.24, 2.45) is 5.84 Å². The molecule has 0 aromatic carbocycles. The minimum absolute atomic E-state index is 0.204. The Hall–Kier alpha value is -1.29. The molecule has 1 fully saturated rings. The topological polar surface area (TPSA) is 60.1 Å². The van der Waals surface area contributed by atoms with Crippen molar-refractivity contribution in [3.63, 3.8) is 0 Å². The SMILES string of the molecule is Cc1cc(C(=O)NN)c(C)n1C1CC1. The first-order valence-electron chi connectivity index (χ1n) is 4.84. The Balaban J connectivity index is 2.43. The molecule has 1 heterocycles. The maximum atomic E-state index is 11.4. The molecule has 1 saturated carbocycles. The van der Waals surface area contributed by atoms with Gasteiger partial charge in [0.2, 0.25) is 0 Å². The summed E-state index contributed by atoms with van der Waals surface area (Å²) >= 11 is 0. The van der Waals surface area contributed by atoms with Crippen LogP contribution >= 0.6 is 0 Å². The summed E-state index contributed by atoms with van der Waals surface area (Å²) in [5, 5.41) is 0. The summed E-state index contributed by atoms with van der Waals surface area (Å²) in [5.41, 5.74) is 5.02. The van der Waals surface area contributed by atoms with E-state index in [0.29, 0.717) is 11.6 Å². The summed E-state index contributed by atoms with van der Waals surface area (Å²) in [5.74, 6) is 4.91. The molecule has 0 aliphatic heterocycles. The first-order chi connectivity index (χ1) is 6.65. The zero-order chi connectivity index (χ0) is 10.3. The number of amides is 1. The lowest BCUT2D eigenvalue weighted by Crippen LogP contribution is -2.30. The van der Waals surface area contributed by atoms with Crippen molar-refractivity contribution in [3.8, 4) is 0 Å². The molecule has 14 heavy (non-hydrogen) atoms. The van der Waals surface area contributed by atoms with E-state index in [4.69, 9.17) is 5.84 Å². The first-order valence-corrected chi connectivity index (χ1v) is 4.84. The van der Waals surface area contributed by atoms with Crippen LogP contribution in [0.3, 0.4) is 0 Å². The molecule has 0 unspecified atom stereocenters. The predicted octanol–water partition coefficient (Wildman–Crippen LogP) is 1.04. The fourth-order valence-electron chi connectivity index (χ4n) is 1.98. The zero-order valence-electron chi connectivity index (χ0n) is 8.50. The number of hydrazine groups is 1. The van der Waals surface area contributed by atoms with Gasteiger partial charge in [-0.1, -0.05) is 0 Å². The number of aryl methyl sites for hydroxylation is 1. The number of aromatic nitrogens is 1. The van der Waals surface area contributed by atoms with Crippen LogP contribution in [0.25, 0.3) is 0 Å². The van der Waals surface area contributed by atoms with Crippen molar-refractivity contribution < 1.29 is 4.79 Å². The zero-order valence-corrected chi connectivity index (χ0v) is 8.50. The second-order valence-electron chi connectivity index (χ2n) is 3.86. The van der Waals surface area contributed by atoms with Crippen LogP contribution in [-0.4, -0.2) is 10.5 Å².